The molecule has 0 radical (unpaired) electrons. The first-order chi connectivity index (χ1) is 7.52. The Balaban J connectivity index is 2.70. The average Bonchev–Trinajstić information content (AvgIpc) is 2.25. The van der Waals surface area contributed by atoms with Crippen LogP contribution in [0.15, 0.2) is 12.5 Å². The maximum Gasteiger partial charge on any atom is 0.339 e. The Bertz CT molecular complexity index is 369. The van der Waals surface area contributed by atoms with Crippen LogP contribution in [0.4, 0.5) is 0 Å². The van der Waals surface area contributed by atoms with Gasteiger partial charge < -0.3 is 5.11 Å². The summed E-state index contributed by atoms with van der Waals surface area (Å²) in [5.41, 5.74) is 0.797. The first-order valence-electron chi connectivity index (χ1n) is 5.16. The smallest absolute Gasteiger partial charge is 0.339 e. The minimum atomic E-state index is -0.964. The van der Waals surface area contributed by atoms with Gasteiger partial charge in [-0.1, -0.05) is 20.8 Å². The van der Waals surface area contributed by atoms with Gasteiger partial charge in [0, 0.05) is 17.2 Å². The van der Waals surface area contributed by atoms with Gasteiger partial charge in [0.1, 0.15) is 11.9 Å². The van der Waals surface area contributed by atoms with Crippen molar-refractivity contribution in [2.45, 2.75) is 31.8 Å². The van der Waals surface area contributed by atoms with E-state index in [2.05, 4.69) is 30.7 Å². The van der Waals surface area contributed by atoms with E-state index in [0.717, 1.165) is 0 Å². The molecule has 1 aromatic heterocycles. The van der Waals surface area contributed by atoms with Gasteiger partial charge in [0.05, 0.1) is 5.69 Å². The summed E-state index contributed by atoms with van der Waals surface area (Å²) in [6.45, 7) is 6.43. The monoisotopic (exact) mass is 240 g/mol. The Hall–Kier alpha value is -1.10. The SMILES string of the molecule is CC(C)C(C)SCc1ncncc1C(=O)O. The summed E-state index contributed by atoms with van der Waals surface area (Å²) in [4.78, 5) is 18.7. The van der Waals surface area contributed by atoms with Crippen LogP contribution in [-0.2, 0) is 5.75 Å². The number of rotatable bonds is 5. The third-order valence-electron chi connectivity index (χ3n) is 2.45. The summed E-state index contributed by atoms with van der Waals surface area (Å²) < 4.78 is 0. The van der Waals surface area contributed by atoms with Crippen molar-refractivity contribution >= 4 is 17.7 Å². The van der Waals surface area contributed by atoms with Crippen molar-refractivity contribution in [1.29, 1.82) is 0 Å². The molecule has 1 heterocycles. The van der Waals surface area contributed by atoms with Gasteiger partial charge in [-0.25, -0.2) is 14.8 Å². The van der Waals surface area contributed by atoms with Crippen LogP contribution in [0.1, 0.15) is 36.8 Å². The van der Waals surface area contributed by atoms with Crippen molar-refractivity contribution in [3.8, 4) is 0 Å². The van der Waals surface area contributed by atoms with Crippen molar-refractivity contribution in [2.75, 3.05) is 0 Å². The molecule has 0 aromatic carbocycles. The number of aromatic carboxylic acids is 1. The molecular formula is C11H16N2O2S. The Morgan fingerprint density at radius 3 is 2.75 bits per heavy atom. The Kier molecular flexibility index (Phi) is 4.73. The first kappa shape index (κ1) is 13.0. The van der Waals surface area contributed by atoms with Gasteiger partial charge in [0.2, 0.25) is 0 Å². The van der Waals surface area contributed by atoms with E-state index < -0.39 is 5.97 Å². The molecule has 0 aliphatic carbocycles. The number of hydrogen-bond acceptors (Lipinski definition) is 4. The van der Waals surface area contributed by atoms with Gasteiger partial charge in [-0.15, -0.1) is 0 Å². The van der Waals surface area contributed by atoms with E-state index in [1.165, 1.54) is 12.5 Å². The summed E-state index contributed by atoms with van der Waals surface area (Å²) in [6.07, 6.45) is 2.74. The molecule has 0 aliphatic rings. The van der Waals surface area contributed by atoms with E-state index in [1.807, 2.05) is 0 Å². The highest BCUT2D eigenvalue weighted by Crippen LogP contribution is 2.23. The van der Waals surface area contributed by atoms with Crippen molar-refractivity contribution in [3.05, 3.63) is 23.8 Å². The number of carboxylic acid groups (broad SMARTS) is 1. The van der Waals surface area contributed by atoms with Crippen LogP contribution in [0.2, 0.25) is 0 Å². The molecule has 4 nitrogen and oxygen atoms in total. The summed E-state index contributed by atoms with van der Waals surface area (Å²) in [6, 6.07) is 0. The van der Waals surface area contributed by atoms with Gasteiger partial charge in [0.15, 0.2) is 0 Å². The highest BCUT2D eigenvalue weighted by molar-refractivity contribution is 7.99. The molecule has 1 atom stereocenters. The largest absolute Gasteiger partial charge is 0.478 e. The minimum Gasteiger partial charge on any atom is -0.478 e. The lowest BCUT2D eigenvalue weighted by molar-refractivity contribution is 0.0695. The van der Waals surface area contributed by atoms with Gasteiger partial charge in [-0.3, -0.25) is 0 Å². The quantitative estimate of drug-likeness (QED) is 0.856. The molecule has 0 fully saturated rings. The topological polar surface area (TPSA) is 63.1 Å². The second kappa shape index (κ2) is 5.84. The number of carboxylic acids is 1. The zero-order chi connectivity index (χ0) is 12.1. The molecule has 0 amide bonds. The van der Waals surface area contributed by atoms with E-state index in [1.54, 1.807) is 11.8 Å². The second-order valence-corrected chi connectivity index (χ2v) is 5.31. The van der Waals surface area contributed by atoms with Gasteiger partial charge in [-0.2, -0.15) is 11.8 Å². The van der Waals surface area contributed by atoms with Crippen LogP contribution in [-0.4, -0.2) is 26.3 Å². The van der Waals surface area contributed by atoms with E-state index in [0.29, 0.717) is 22.6 Å². The molecular weight excluding hydrogens is 224 g/mol. The molecule has 1 rings (SSSR count). The number of aromatic nitrogens is 2. The maximum absolute atomic E-state index is 10.9. The summed E-state index contributed by atoms with van der Waals surface area (Å²) in [5.74, 6) is 0.220. The van der Waals surface area contributed by atoms with Crippen LogP contribution in [0.3, 0.4) is 0 Å². The molecule has 0 spiro atoms. The highest BCUT2D eigenvalue weighted by Gasteiger charge is 2.14. The Morgan fingerprint density at radius 1 is 1.50 bits per heavy atom. The third-order valence-corrected chi connectivity index (χ3v) is 3.96. The van der Waals surface area contributed by atoms with Crippen molar-refractivity contribution in [3.63, 3.8) is 0 Å². The summed E-state index contributed by atoms with van der Waals surface area (Å²) in [5, 5.41) is 9.43. The molecule has 0 bridgehead atoms. The lowest BCUT2D eigenvalue weighted by Gasteiger charge is -2.14. The van der Waals surface area contributed by atoms with Crippen molar-refractivity contribution in [2.24, 2.45) is 5.92 Å². The fraction of sp³-hybridized carbons (Fsp3) is 0.545. The zero-order valence-electron chi connectivity index (χ0n) is 9.67. The van der Waals surface area contributed by atoms with Gasteiger partial charge in [0.25, 0.3) is 0 Å². The molecule has 16 heavy (non-hydrogen) atoms. The van der Waals surface area contributed by atoms with Crippen molar-refractivity contribution in [1.82, 2.24) is 9.97 Å². The number of hydrogen-bond donors (Lipinski definition) is 1. The Morgan fingerprint density at radius 2 is 2.19 bits per heavy atom. The molecule has 1 N–H and O–H groups in total. The van der Waals surface area contributed by atoms with Gasteiger partial charge in [-0.05, 0) is 5.92 Å². The highest BCUT2D eigenvalue weighted by atomic mass is 32.2. The molecule has 1 aromatic rings. The number of carbonyl (C=O) groups is 1. The number of thioether (sulfide) groups is 1. The van der Waals surface area contributed by atoms with Gasteiger partial charge >= 0.3 is 5.97 Å². The molecule has 5 heteroatoms. The normalized spacial score (nSPS) is 12.8. The molecule has 0 aliphatic heterocycles. The Labute approximate surface area is 99.5 Å². The predicted octanol–water partition coefficient (Wildman–Crippen LogP) is 2.45. The van der Waals surface area contributed by atoms with E-state index in [-0.39, 0.29) is 5.56 Å². The molecule has 88 valence electrons. The van der Waals surface area contributed by atoms with E-state index in [9.17, 15) is 4.79 Å². The predicted molar refractivity (Wildman–Crippen MR) is 64.6 cm³/mol. The lowest BCUT2D eigenvalue weighted by atomic mass is 10.2. The van der Waals surface area contributed by atoms with E-state index in [4.69, 9.17) is 5.11 Å². The summed E-state index contributed by atoms with van der Waals surface area (Å²) in [7, 11) is 0. The minimum absolute atomic E-state index is 0.200. The standard InChI is InChI=1S/C11H16N2O2S/c1-7(2)8(3)16-5-10-9(11(14)15)4-12-6-13-10/h4,6-8H,5H2,1-3H3,(H,14,15). The maximum atomic E-state index is 10.9. The van der Waals surface area contributed by atoms with Crippen LogP contribution >= 0.6 is 11.8 Å². The molecule has 0 saturated carbocycles. The molecule has 0 saturated heterocycles. The summed E-state index contributed by atoms with van der Waals surface area (Å²) >= 11 is 1.72. The average molecular weight is 240 g/mol. The van der Waals surface area contributed by atoms with Crippen LogP contribution < -0.4 is 0 Å². The van der Waals surface area contributed by atoms with Crippen LogP contribution in [0.25, 0.3) is 0 Å². The number of nitrogens with zero attached hydrogens (tertiary/aromatic N) is 2. The second-order valence-electron chi connectivity index (χ2n) is 3.95. The van der Waals surface area contributed by atoms with E-state index >= 15 is 0 Å². The zero-order valence-corrected chi connectivity index (χ0v) is 10.5. The van der Waals surface area contributed by atoms with Crippen LogP contribution in [0.5, 0.6) is 0 Å². The lowest BCUT2D eigenvalue weighted by Crippen LogP contribution is -2.09. The fourth-order valence-corrected chi connectivity index (χ4v) is 2.09. The fourth-order valence-electron chi connectivity index (χ4n) is 1.05. The third kappa shape index (κ3) is 3.48. The molecule has 1 unspecified atom stereocenters. The van der Waals surface area contributed by atoms with Crippen LogP contribution in [0, 0.1) is 5.92 Å². The first-order valence-corrected chi connectivity index (χ1v) is 6.21. The van der Waals surface area contributed by atoms with Crippen molar-refractivity contribution < 1.29 is 9.90 Å².